The van der Waals surface area contributed by atoms with Gasteiger partial charge in [-0.3, -0.25) is 4.79 Å². The van der Waals surface area contributed by atoms with Gasteiger partial charge in [0.15, 0.2) is 0 Å². The van der Waals surface area contributed by atoms with Crippen LogP contribution >= 0.6 is 36.4 Å². The molecular formula is C19H22Cl3N3O2. The minimum absolute atomic E-state index is 0. The van der Waals surface area contributed by atoms with Gasteiger partial charge in [-0.15, -0.1) is 24.8 Å². The largest absolute Gasteiger partial charge is 0.490 e. The first-order valence-electron chi connectivity index (χ1n) is 8.48. The maximum absolute atomic E-state index is 13.0. The van der Waals surface area contributed by atoms with Crippen molar-refractivity contribution in [1.82, 2.24) is 0 Å². The number of halogens is 3. The van der Waals surface area contributed by atoms with E-state index in [1.807, 2.05) is 40.1 Å². The number of hydrogen-bond donors (Lipinski definition) is 1. The second-order valence-corrected chi connectivity index (χ2v) is 6.81. The Balaban J connectivity index is 0.00000131. The molecule has 4 rings (SSSR count). The molecule has 2 aliphatic rings. The van der Waals surface area contributed by atoms with Crippen molar-refractivity contribution in [3.8, 4) is 5.75 Å². The molecular weight excluding hydrogens is 409 g/mol. The van der Waals surface area contributed by atoms with Gasteiger partial charge in [0.2, 0.25) is 5.91 Å². The van der Waals surface area contributed by atoms with Crippen LogP contribution < -0.4 is 20.3 Å². The van der Waals surface area contributed by atoms with Crippen molar-refractivity contribution in [3.05, 3.63) is 47.0 Å². The monoisotopic (exact) mass is 429 g/mol. The molecule has 0 saturated heterocycles. The van der Waals surface area contributed by atoms with Crippen LogP contribution in [-0.4, -0.2) is 32.1 Å². The summed E-state index contributed by atoms with van der Waals surface area (Å²) in [6, 6.07) is 11.3. The minimum atomic E-state index is 0. The Morgan fingerprint density at radius 2 is 1.96 bits per heavy atom. The summed E-state index contributed by atoms with van der Waals surface area (Å²) < 4.78 is 5.67. The molecule has 2 N–H and O–H groups in total. The Kier molecular flexibility index (Phi) is 7.09. The number of nitrogens with two attached hydrogens (primary N) is 1. The van der Waals surface area contributed by atoms with Gasteiger partial charge in [-0.2, -0.15) is 0 Å². The number of amides is 1. The lowest BCUT2D eigenvalue weighted by atomic mass is 10.00. The van der Waals surface area contributed by atoms with Crippen LogP contribution in [0.1, 0.15) is 12.0 Å². The third kappa shape index (κ3) is 4.21. The molecule has 0 spiro atoms. The number of nitrogens with zero attached hydrogens (tertiary/aromatic N) is 2. The predicted octanol–water partition coefficient (Wildman–Crippen LogP) is 3.94. The van der Waals surface area contributed by atoms with Crippen molar-refractivity contribution >= 4 is 59.4 Å². The average molecular weight is 431 g/mol. The molecule has 0 aliphatic carbocycles. The number of hydrogen-bond acceptors (Lipinski definition) is 4. The summed E-state index contributed by atoms with van der Waals surface area (Å²) in [5, 5.41) is 0.637. The molecule has 2 aliphatic heterocycles. The van der Waals surface area contributed by atoms with E-state index in [9.17, 15) is 4.79 Å². The predicted molar refractivity (Wildman–Crippen MR) is 115 cm³/mol. The van der Waals surface area contributed by atoms with Crippen LogP contribution in [0.3, 0.4) is 0 Å². The second-order valence-electron chi connectivity index (χ2n) is 6.38. The van der Waals surface area contributed by atoms with E-state index in [2.05, 4.69) is 0 Å². The maximum atomic E-state index is 13.0. The molecule has 2 aromatic rings. The van der Waals surface area contributed by atoms with Crippen LogP contribution in [0.2, 0.25) is 5.02 Å². The van der Waals surface area contributed by atoms with Crippen molar-refractivity contribution in [2.45, 2.75) is 12.8 Å². The summed E-state index contributed by atoms with van der Waals surface area (Å²) in [6.45, 7) is 2.25. The highest BCUT2D eigenvalue weighted by atomic mass is 35.5. The number of benzene rings is 2. The molecule has 0 saturated carbocycles. The van der Waals surface area contributed by atoms with E-state index >= 15 is 0 Å². The highest BCUT2D eigenvalue weighted by Gasteiger charge is 2.27. The number of ether oxygens (including phenoxy) is 1. The first-order valence-corrected chi connectivity index (χ1v) is 8.86. The molecule has 0 radical (unpaired) electrons. The fraction of sp³-hybridized carbons (Fsp3) is 0.316. The molecule has 0 fully saturated rings. The van der Waals surface area contributed by atoms with E-state index < -0.39 is 0 Å². The summed E-state index contributed by atoms with van der Waals surface area (Å²) in [5.74, 6) is 0.839. The second kappa shape index (κ2) is 8.91. The van der Waals surface area contributed by atoms with E-state index in [-0.39, 0.29) is 30.7 Å². The molecule has 0 unspecified atom stereocenters. The molecule has 2 aromatic carbocycles. The summed E-state index contributed by atoms with van der Waals surface area (Å²) >= 11 is 6.12. The Labute approximate surface area is 176 Å². The van der Waals surface area contributed by atoms with E-state index in [1.165, 1.54) is 0 Å². The molecule has 1 amide bonds. The van der Waals surface area contributed by atoms with Crippen molar-refractivity contribution in [1.29, 1.82) is 0 Å². The maximum Gasteiger partial charge on any atom is 0.246 e. The molecule has 0 atom stereocenters. The first-order chi connectivity index (χ1) is 12.1. The Morgan fingerprint density at radius 1 is 1.15 bits per heavy atom. The number of carbonyl (C=O) groups is 1. The number of carbonyl (C=O) groups excluding carboxylic acids is 1. The molecule has 0 aromatic heterocycles. The van der Waals surface area contributed by atoms with Gasteiger partial charge in [-0.1, -0.05) is 17.7 Å². The van der Waals surface area contributed by atoms with E-state index in [4.69, 9.17) is 22.1 Å². The van der Waals surface area contributed by atoms with E-state index in [0.717, 1.165) is 47.8 Å². The van der Waals surface area contributed by atoms with Gasteiger partial charge in [0, 0.05) is 22.9 Å². The highest BCUT2D eigenvalue weighted by Crippen LogP contribution is 2.35. The van der Waals surface area contributed by atoms with Crippen LogP contribution in [0.5, 0.6) is 5.75 Å². The number of fused-ring (bicyclic) bond motifs is 2. The van der Waals surface area contributed by atoms with Gasteiger partial charge in [0.05, 0.1) is 18.8 Å². The third-order valence-corrected chi connectivity index (χ3v) is 5.03. The summed E-state index contributed by atoms with van der Waals surface area (Å²) in [5.41, 5.74) is 9.74. The fourth-order valence-electron chi connectivity index (χ4n) is 3.57. The van der Waals surface area contributed by atoms with Crippen molar-refractivity contribution in [2.24, 2.45) is 0 Å². The van der Waals surface area contributed by atoms with Crippen LogP contribution in [0.25, 0.3) is 0 Å². The average Bonchev–Trinajstić information content (AvgIpc) is 2.62. The van der Waals surface area contributed by atoms with Gasteiger partial charge in [0.25, 0.3) is 0 Å². The number of rotatable bonds is 2. The van der Waals surface area contributed by atoms with Crippen molar-refractivity contribution in [3.63, 3.8) is 0 Å². The number of nitrogen functional groups attached to an aromatic ring is 1. The van der Waals surface area contributed by atoms with Gasteiger partial charge in [-0.25, -0.2) is 0 Å². The summed E-state index contributed by atoms with van der Waals surface area (Å²) in [6.07, 6.45) is 1.85. The molecule has 0 bridgehead atoms. The van der Waals surface area contributed by atoms with Crippen molar-refractivity contribution < 1.29 is 9.53 Å². The highest BCUT2D eigenvalue weighted by molar-refractivity contribution is 6.31. The topological polar surface area (TPSA) is 58.8 Å². The van der Waals surface area contributed by atoms with Gasteiger partial charge in [-0.05, 0) is 48.7 Å². The van der Waals surface area contributed by atoms with Gasteiger partial charge >= 0.3 is 0 Å². The zero-order valence-electron chi connectivity index (χ0n) is 14.7. The number of anilines is 3. The molecule has 146 valence electrons. The lowest BCUT2D eigenvalue weighted by molar-refractivity contribution is -0.117. The third-order valence-electron chi connectivity index (χ3n) is 4.79. The minimum Gasteiger partial charge on any atom is -0.490 e. The van der Waals surface area contributed by atoms with E-state index in [0.29, 0.717) is 24.7 Å². The SMILES string of the molecule is Cl.Cl.Nc1cccc2c1CCCN2C(=O)CN1CCOc2ccc(Cl)cc21. The smallest absolute Gasteiger partial charge is 0.246 e. The molecule has 2 heterocycles. The van der Waals surface area contributed by atoms with Crippen molar-refractivity contribution in [2.75, 3.05) is 41.8 Å². The van der Waals surface area contributed by atoms with E-state index in [1.54, 1.807) is 6.07 Å². The zero-order chi connectivity index (χ0) is 17.4. The Hall–Kier alpha value is -1.82. The zero-order valence-corrected chi connectivity index (χ0v) is 17.1. The van der Waals surface area contributed by atoms with Crippen LogP contribution in [-0.2, 0) is 11.2 Å². The lowest BCUT2D eigenvalue weighted by Crippen LogP contribution is -2.45. The quantitative estimate of drug-likeness (QED) is 0.733. The summed E-state index contributed by atoms with van der Waals surface area (Å²) in [4.78, 5) is 16.9. The standard InChI is InChI=1S/C19H20ClN3O2.2ClH/c20-13-6-7-18-17(11-13)22(9-10-25-18)12-19(24)23-8-2-3-14-15(21)4-1-5-16(14)23;;/h1,4-7,11H,2-3,8-10,12,21H2;2*1H. The summed E-state index contributed by atoms with van der Waals surface area (Å²) in [7, 11) is 0. The van der Waals surface area contributed by atoms with Crippen LogP contribution in [0.15, 0.2) is 36.4 Å². The van der Waals surface area contributed by atoms with Gasteiger partial charge < -0.3 is 20.3 Å². The van der Waals surface area contributed by atoms with Gasteiger partial charge in [0.1, 0.15) is 12.4 Å². The fourth-order valence-corrected chi connectivity index (χ4v) is 3.74. The first kappa shape index (κ1) is 21.5. The Morgan fingerprint density at radius 3 is 2.78 bits per heavy atom. The lowest BCUT2D eigenvalue weighted by Gasteiger charge is -2.35. The van der Waals surface area contributed by atoms with Crippen LogP contribution in [0.4, 0.5) is 17.1 Å². The Bertz CT molecular complexity index is 832. The van der Waals surface area contributed by atoms with Crippen LogP contribution in [0, 0.1) is 0 Å². The molecule has 5 nitrogen and oxygen atoms in total. The molecule has 27 heavy (non-hydrogen) atoms. The normalized spacial score (nSPS) is 14.9. The molecule has 8 heteroatoms.